The van der Waals surface area contributed by atoms with E-state index in [1.807, 2.05) is 46.8 Å². The molecule has 2 unspecified atom stereocenters. The summed E-state index contributed by atoms with van der Waals surface area (Å²) in [5.41, 5.74) is 5.54. The van der Waals surface area contributed by atoms with Gasteiger partial charge in [0, 0.05) is 5.41 Å². The molecular weight excluding hydrogens is 442 g/mol. The largest absolute Gasteiger partial charge is 0.491 e. The van der Waals surface area contributed by atoms with E-state index in [0.29, 0.717) is 11.7 Å². The Hall–Kier alpha value is -2.57. The molecule has 6 nitrogen and oxygen atoms in total. The van der Waals surface area contributed by atoms with Gasteiger partial charge in [0.2, 0.25) is 0 Å². The maximum Gasteiger partial charge on any atom is 0.281 e. The molecule has 0 aliphatic heterocycles. The number of carbonyl (C=O) groups excluding carboxylic acids is 1. The number of aliphatic hydroxyl groups excluding tert-OH is 1. The number of hydrogen-bond donors (Lipinski definition) is 3. The smallest absolute Gasteiger partial charge is 0.281 e. The minimum absolute atomic E-state index is 0.200. The Morgan fingerprint density at radius 1 is 0.971 bits per heavy atom. The molecule has 0 fully saturated rings. The Morgan fingerprint density at radius 3 is 1.89 bits per heavy atom. The summed E-state index contributed by atoms with van der Waals surface area (Å²) >= 11 is 0. The monoisotopic (exact) mass is 485 g/mol. The predicted molar refractivity (Wildman–Crippen MR) is 139 cm³/mol. The lowest BCUT2D eigenvalue weighted by Crippen LogP contribution is -2.32. The standard InChI is InChI=1S/C29H43NO5/c1-9-29(16-19(2)3,23-11-13-25(21(5)15-23)35-18-27(32)30-33)22-10-12-24(20(4)14-22)34-17-26(31)28(6,7)8/h10-15,19,26,31,33H,9,16-18H2,1-8H3,(H,30,32). The summed E-state index contributed by atoms with van der Waals surface area (Å²) in [4.78, 5) is 11.4. The Bertz CT molecular complexity index is 995. The summed E-state index contributed by atoms with van der Waals surface area (Å²) in [5.74, 6) is 1.28. The number of aryl methyl sites for hydroxylation is 2. The van der Waals surface area contributed by atoms with E-state index in [9.17, 15) is 9.90 Å². The molecule has 2 atom stereocenters. The molecule has 0 spiro atoms. The molecule has 0 bridgehead atoms. The first-order chi connectivity index (χ1) is 16.3. The van der Waals surface area contributed by atoms with E-state index in [0.717, 1.165) is 29.7 Å². The molecule has 0 aliphatic rings. The minimum Gasteiger partial charge on any atom is -0.491 e. The SMILES string of the molecule is CCC(CC(C)C)(c1ccc(OCC(=O)NO)c(C)c1)c1ccc(OCC(O)C(C)(C)C)c(C)c1. The van der Waals surface area contributed by atoms with Crippen molar-refractivity contribution in [3.63, 3.8) is 0 Å². The van der Waals surface area contributed by atoms with Crippen molar-refractivity contribution in [3.8, 4) is 11.5 Å². The zero-order valence-electron chi connectivity index (χ0n) is 22.6. The van der Waals surface area contributed by atoms with E-state index in [1.165, 1.54) is 11.1 Å². The summed E-state index contributed by atoms with van der Waals surface area (Å²) in [5, 5.41) is 19.1. The van der Waals surface area contributed by atoms with Gasteiger partial charge in [-0.15, -0.1) is 0 Å². The van der Waals surface area contributed by atoms with Crippen LogP contribution in [0.5, 0.6) is 11.5 Å². The number of hydroxylamine groups is 1. The molecule has 3 N–H and O–H groups in total. The molecule has 2 aromatic carbocycles. The first kappa shape index (κ1) is 28.7. The molecule has 1 amide bonds. The van der Waals surface area contributed by atoms with Gasteiger partial charge >= 0.3 is 0 Å². The molecule has 194 valence electrons. The van der Waals surface area contributed by atoms with E-state index in [1.54, 1.807) is 5.48 Å². The number of aliphatic hydroxyl groups is 1. The highest BCUT2D eigenvalue weighted by Crippen LogP contribution is 2.43. The van der Waals surface area contributed by atoms with Crippen molar-refractivity contribution in [1.82, 2.24) is 5.48 Å². The number of ether oxygens (including phenoxy) is 2. The first-order valence-corrected chi connectivity index (χ1v) is 12.4. The van der Waals surface area contributed by atoms with Crippen molar-refractivity contribution in [2.75, 3.05) is 13.2 Å². The highest BCUT2D eigenvalue weighted by atomic mass is 16.5. The number of hydrogen-bond acceptors (Lipinski definition) is 5. The molecule has 35 heavy (non-hydrogen) atoms. The lowest BCUT2D eigenvalue weighted by atomic mass is 9.67. The zero-order chi connectivity index (χ0) is 26.4. The Labute approximate surface area is 210 Å². The fraction of sp³-hybridized carbons (Fsp3) is 0.552. The average Bonchev–Trinajstić information content (AvgIpc) is 2.79. The highest BCUT2D eigenvalue weighted by molar-refractivity contribution is 5.76. The molecule has 0 aliphatic carbocycles. The predicted octanol–water partition coefficient (Wildman–Crippen LogP) is 5.72. The second-order valence-corrected chi connectivity index (χ2v) is 11.0. The van der Waals surface area contributed by atoms with Gasteiger partial charge in [-0.2, -0.15) is 0 Å². The molecule has 6 heteroatoms. The fourth-order valence-corrected chi connectivity index (χ4v) is 4.46. The Kier molecular flexibility index (Phi) is 9.76. The Morgan fingerprint density at radius 2 is 1.49 bits per heavy atom. The van der Waals surface area contributed by atoms with Gasteiger partial charge in [0.15, 0.2) is 6.61 Å². The summed E-state index contributed by atoms with van der Waals surface area (Å²) in [7, 11) is 0. The number of benzene rings is 2. The van der Waals surface area contributed by atoms with Crippen LogP contribution in [0.1, 0.15) is 76.6 Å². The molecule has 2 aromatic rings. The van der Waals surface area contributed by atoms with Crippen LogP contribution in [-0.4, -0.2) is 35.5 Å². The van der Waals surface area contributed by atoms with Crippen LogP contribution in [-0.2, 0) is 10.2 Å². The molecule has 0 aromatic heterocycles. The van der Waals surface area contributed by atoms with E-state index < -0.39 is 12.0 Å². The lowest BCUT2D eigenvalue weighted by molar-refractivity contribution is -0.131. The van der Waals surface area contributed by atoms with Gasteiger partial charge in [-0.1, -0.05) is 65.8 Å². The molecule has 2 rings (SSSR count). The maximum atomic E-state index is 11.4. The van der Waals surface area contributed by atoms with Crippen LogP contribution in [0.15, 0.2) is 36.4 Å². The van der Waals surface area contributed by atoms with Gasteiger partial charge in [0.25, 0.3) is 5.91 Å². The number of rotatable bonds is 11. The van der Waals surface area contributed by atoms with Crippen LogP contribution < -0.4 is 15.0 Å². The van der Waals surface area contributed by atoms with Crippen LogP contribution in [0.4, 0.5) is 0 Å². The number of carbonyl (C=O) groups is 1. The average molecular weight is 486 g/mol. The maximum absolute atomic E-state index is 11.4. The number of nitrogens with one attached hydrogen (secondary N) is 1. The third-order valence-corrected chi connectivity index (χ3v) is 6.70. The fourth-order valence-electron chi connectivity index (χ4n) is 4.46. The van der Waals surface area contributed by atoms with Gasteiger partial charge in [0.05, 0.1) is 6.10 Å². The van der Waals surface area contributed by atoms with Crippen molar-refractivity contribution in [2.45, 2.75) is 79.8 Å². The molecule has 0 saturated heterocycles. The zero-order valence-corrected chi connectivity index (χ0v) is 22.6. The summed E-state index contributed by atoms with van der Waals surface area (Å²) in [6.45, 7) is 16.7. The minimum atomic E-state index is -0.594. The second kappa shape index (κ2) is 11.9. The van der Waals surface area contributed by atoms with E-state index >= 15 is 0 Å². The van der Waals surface area contributed by atoms with Crippen LogP contribution in [0.2, 0.25) is 0 Å². The summed E-state index contributed by atoms with van der Waals surface area (Å²) in [6.07, 6.45) is 1.34. The van der Waals surface area contributed by atoms with Crippen molar-refractivity contribution in [3.05, 3.63) is 58.7 Å². The van der Waals surface area contributed by atoms with Crippen molar-refractivity contribution in [1.29, 1.82) is 0 Å². The van der Waals surface area contributed by atoms with Gasteiger partial charge in [0.1, 0.15) is 18.1 Å². The third kappa shape index (κ3) is 7.21. The molecule has 0 radical (unpaired) electrons. The first-order valence-electron chi connectivity index (χ1n) is 12.4. The van der Waals surface area contributed by atoms with Crippen molar-refractivity contribution in [2.24, 2.45) is 11.3 Å². The summed E-state index contributed by atoms with van der Waals surface area (Å²) in [6, 6.07) is 12.5. The second-order valence-electron chi connectivity index (χ2n) is 11.0. The number of amides is 1. The van der Waals surface area contributed by atoms with Gasteiger partial charge in [-0.3, -0.25) is 10.0 Å². The highest BCUT2D eigenvalue weighted by Gasteiger charge is 2.34. The normalized spacial score (nSPS) is 14.4. The quantitative estimate of drug-likeness (QED) is 0.280. The van der Waals surface area contributed by atoms with E-state index in [2.05, 4.69) is 45.0 Å². The van der Waals surface area contributed by atoms with E-state index in [4.69, 9.17) is 14.7 Å². The topological polar surface area (TPSA) is 88.0 Å². The lowest BCUT2D eigenvalue weighted by Gasteiger charge is -2.37. The van der Waals surface area contributed by atoms with Gasteiger partial charge in [-0.05, 0) is 72.4 Å². The van der Waals surface area contributed by atoms with E-state index in [-0.39, 0.29) is 24.0 Å². The van der Waals surface area contributed by atoms with Crippen molar-refractivity contribution >= 4 is 5.91 Å². The van der Waals surface area contributed by atoms with Crippen molar-refractivity contribution < 1.29 is 24.6 Å². The van der Waals surface area contributed by atoms with Gasteiger partial charge < -0.3 is 14.6 Å². The molecule has 0 heterocycles. The Balaban J connectivity index is 2.41. The third-order valence-electron chi connectivity index (χ3n) is 6.70. The summed E-state index contributed by atoms with van der Waals surface area (Å²) < 4.78 is 11.6. The molecule has 0 saturated carbocycles. The molecular formula is C29H43NO5. The van der Waals surface area contributed by atoms with Crippen LogP contribution >= 0.6 is 0 Å². The van der Waals surface area contributed by atoms with Crippen LogP contribution in [0.25, 0.3) is 0 Å². The van der Waals surface area contributed by atoms with Crippen LogP contribution in [0, 0.1) is 25.2 Å². The van der Waals surface area contributed by atoms with Crippen LogP contribution in [0.3, 0.4) is 0 Å². The van der Waals surface area contributed by atoms with Gasteiger partial charge in [-0.25, -0.2) is 5.48 Å².